The third-order valence-corrected chi connectivity index (χ3v) is 6.91. The SMILES string of the molecule is COc1ccc(OC)c(N2CC(c3nc4ccccc4n3CCOc3ccc(C)c(C)c3)CC2=O)c1. The normalized spacial score (nSPS) is 15.5. The van der Waals surface area contributed by atoms with Crippen LogP contribution < -0.4 is 19.1 Å². The van der Waals surface area contributed by atoms with Crippen molar-refractivity contribution in [3.05, 3.63) is 77.6 Å². The number of para-hydroxylation sites is 2. The summed E-state index contributed by atoms with van der Waals surface area (Å²) in [6.07, 6.45) is 0.377. The van der Waals surface area contributed by atoms with Crippen LogP contribution in [0.5, 0.6) is 17.2 Å². The molecule has 7 nitrogen and oxygen atoms in total. The molecule has 0 N–H and O–H groups in total. The molecule has 1 saturated heterocycles. The molecule has 0 saturated carbocycles. The summed E-state index contributed by atoms with van der Waals surface area (Å²) in [5.74, 6) is 3.06. The molecule has 1 unspecified atom stereocenters. The van der Waals surface area contributed by atoms with E-state index in [1.165, 1.54) is 11.1 Å². The number of benzene rings is 3. The van der Waals surface area contributed by atoms with Gasteiger partial charge in [0.2, 0.25) is 5.91 Å². The van der Waals surface area contributed by atoms with Crippen molar-refractivity contribution in [2.45, 2.75) is 32.7 Å². The summed E-state index contributed by atoms with van der Waals surface area (Å²) in [7, 11) is 3.22. The predicted molar refractivity (Wildman–Crippen MR) is 140 cm³/mol. The van der Waals surface area contributed by atoms with Crippen LogP contribution in [-0.4, -0.2) is 42.8 Å². The van der Waals surface area contributed by atoms with Crippen molar-refractivity contribution >= 4 is 22.6 Å². The number of hydrogen-bond donors (Lipinski definition) is 0. The molecule has 36 heavy (non-hydrogen) atoms. The summed E-state index contributed by atoms with van der Waals surface area (Å²) in [5.41, 5.74) is 5.13. The molecule has 3 aromatic carbocycles. The summed E-state index contributed by atoms with van der Waals surface area (Å²) >= 11 is 0. The highest BCUT2D eigenvalue weighted by Gasteiger charge is 2.36. The maximum absolute atomic E-state index is 13.2. The zero-order valence-electron chi connectivity index (χ0n) is 21.2. The highest BCUT2D eigenvalue weighted by atomic mass is 16.5. The molecule has 1 fully saturated rings. The molecule has 0 spiro atoms. The average Bonchev–Trinajstić information content (AvgIpc) is 3.46. The molecule has 1 atom stereocenters. The van der Waals surface area contributed by atoms with E-state index in [0.29, 0.717) is 43.3 Å². The van der Waals surface area contributed by atoms with E-state index in [2.05, 4.69) is 36.6 Å². The molecule has 2 heterocycles. The number of rotatable bonds is 8. The van der Waals surface area contributed by atoms with Gasteiger partial charge in [0.25, 0.3) is 0 Å². The van der Waals surface area contributed by atoms with E-state index in [0.717, 1.165) is 22.6 Å². The minimum Gasteiger partial charge on any atom is -0.497 e. The number of ether oxygens (including phenoxy) is 3. The van der Waals surface area contributed by atoms with Gasteiger partial charge >= 0.3 is 0 Å². The lowest BCUT2D eigenvalue weighted by molar-refractivity contribution is -0.117. The quantitative estimate of drug-likeness (QED) is 0.340. The number of imidazole rings is 1. The van der Waals surface area contributed by atoms with Gasteiger partial charge in [-0.2, -0.15) is 0 Å². The van der Waals surface area contributed by atoms with E-state index in [1.807, 2.05) is 42.5 Å². The summed E-state index contributed by atoms with van der Waals surface area (Å²) in [6.45, 7) is 5.84. The van der Waals surface area contributed by atoms with Gasteiger partial charge in [-0.3, -0.25) is 4.79 Å². The van der Waals surface area contributed by atoms with Crippen LogP contribution in [-0.2, 0) is 11.3 Å². The monoisotopic (exact) mass is 485 g/mol. The first kappa shape index (κ1) is 23.7. The summed E-state index contributed by atoms with van der Waals surface area (Å²) < 4.78 is 19.2. The summed E-state index contributed by atoms with van der Waals surface area (Å²) in [5, 5.41) is 0. The van der Waals surface area contributed by atoms with Crippen molar-refractivity contribution in [2.24, 2.45) is 0 Å². The number of amides is 1. The maximum Gasteiger partial charge on any atom is 0.227 e. The maximum atomic E-state index is 13.2. The molecule has 0 bridgehead atoms. The molecule has 0 radical (unpaired) electrons. The van der Waals surface area contributed by atoms with E-state index >= 15 is 0 Å². The first-order valence-electron chi connectivity index (χ1n) is 12.2. The highest BCUT2D eigenvalue weighted by molar-refractivity contribution is 5.98. The Morgan fingerprint density at radius 2 is 1.75 bits per heavy atom. The van der Waals surface area contributed by atoms with Gasteiger partial charge in [0.15, 0.2) is 0 Å². The molecule has 5 rings (SSSR count). The number of hydrogen-bond acceptors (Lipinski definition) is 5. The molecule has 1 amide bonds. The lowest BCUT2D eigenvalue weighted by Crippen LogP contribution is -2.25. The summed E-state index contributed by atoms with van der Waals surface area (Å²) in [6, 6.07) is 19.7. The molecular formula is C29H31N3O4. The number of fused-ring (bicyclic) bond motifs is 1. The fourth-order valence-corrected chi connectivity index (χ4v) is 4.82. The molecule has 4 aromatic rings. The van der Waals surface area contributed by atoms with Crippen LogP contribution in [0.15, 0.2) is 60.7 Å². The van der Waals surface area contributed by atoms with Gasteiger partial charge in [-0.25, -0.2) is 4.98 Å². The Labute approximate surface area is 211 Å². The second-order valence-corrected chi connectivity index (χ2v) is 9.15. The van der Waals surface area contributed by atoms with Gasteiger partial charge in [-0.05, 0) is 61.4 Å². The first-order chi connectivity index (χ1) is 17.5. The molecule has 7 heteroatoms. The number of carbonyl (C=O) groups is 1. The zero-order chi connectivity index (χ0) is 25.2. The Bertz CT molecular complexity index is 1410. The van der Waals surface area contributed by atoms with Crippen LogP contribution in [0.3, 0.4) is 0 Å². The lowest BCUT2D eigenvalue weighted by Gasteiger charge is -2.20. The minimum absolute atomic E-state index is 0.0385. The van der Waals surface area contributed by atoms with Gasteiger partial charge in [-0.15, -0.1) is 0 Å². The van der Waals surface area contributed by atoms with E-state index < -0.39 is 0 Å². The van der Waals surface area contributed by atoms with Crippen molar-refractivity contribution < 1.29 is 19.0 Å². The Kier molecular flexibility index (Phi) is 6.55. The van der Waals surface area contributed by atoms with Crippen LogP contribution in [0.25, 0.3) is 11.0 Å². The van der Waals surface area contributed by atoms with E-state index in [4.69, 9.17) is 19.2 Å². The lowest BCUT2D eigenvalue weighted by atomic mass is 10.1. The Balaban J connectivity index is 1.41. The second kappa shape index (κ2) is 9.93. The number of methoxy groups -OCH3 is 2. The predicted octanol–water partition coefficient (Wildman–Crippen LogP) is 5.27. The average molecular weight is 486 g/mol. The molecule has 1 aliphatic rings. The smallest absolute Gasteiger partial charge is 0.227 e. The number of aromatic nitrogens is 2. The minimum atomic E-state index is -0.0533. The van der Waals surface area contributed by atoms with E-state index in [1.54, 1.807) is 19.1 Å². The fraction of sp³-hybridized carbons (Fsp3) is 0.310. The highest BCUT2D eigenvalue weighted by Crippen LogP contribution is 2.39. The fourth-order valence-electron chi connectivity index (χ4n) is 4.82. The first-order valence-corrected chi connectivity index (χ1v) is 12.2. The second-order valence-electron chi connectivity index (χ2n) is 9.15. The van der Waals surface area contributed by atoms with Crippen molar-refractivity contribution in [2.75, 3.05) is 32.3 Å². The van der Waals surface area contributed by atoms with Crippen molar-refractivity contribution in [1.82, 2.24) is 9.55 Å². The largest absolute Gasteiger partial charge is 0.497 e. The zero-order valence-corrected chi connectivity index (χ0v) is 21.2. The third kappa shape index (κ3) is 4.49. The Morgan fingerprint density at radius 3 is 2.53 bits per heavy atom. The summed E-state index contributed by atoms with van der Waals surface area (Å²) in [4.78, 5) is 19.9. The molecule has 1 aromatic heterocycles. The van der Waals surface area contributed by atoms with Gasteiger partial charge < -0.3 is 23.7 Å². The standard InChI is InChI=1S/C29H31N3O4/c1-19-9-10-23(15-20(19)2)36-14-13-31-25-8-6-5-7-24(25)30-29(31)21-16-28(33)32(18-21)26-17-22(34-3)11-12-27(26)35-4/h5-12,15,17,21H,13-14,16,18H2,1-4H3. The van der Waals surface area contributed by atoms with Crippen LogP contribution in [0.4, 0.5) is 5.69 Å². The molecular weight excluding hydrogens is 454 g/mol. The van der Waals surface area contributed by atoms with Gasteiger partial charge in [-0.1, -0.05) is 18.2 Å². The van der Waals surface area contributed by atoms with Crippen molar-refractivity contribution in [3.8, 4) is 17.2 Å². The van der Waals surface area contributed by atoms with Crippen LogP contribution >= 0.6 is 0 Å². The van der Waals surface area contributed by atoms with Crippen molar-refractivity contribution in [1.29, 1.82) is 0 Å². The topological polar surface area (TPSA) is 65.8 Å². The van der Waals surface area contributed by atoms with Gasteiger partial charge in [0.1, 0.15) is 29.7 Å². The molecule has 1 aliphatic heterocycles. The molecule has 0 aliphatic carbocycles. The number of carbonyl (C=O) groups excluding carboxylic acids is 1. The van der Waals surface area contributed by atoms with Gasteiger partial charge in [0, 0.05) is 24.9 Å². The Hall–Kier alpha value is -4.00. The van der Waals surface area contributed by atoms with Gasteiger partial charge in [0.05, 0.1) is 37.5 Å². The number of anilines is 1. The van der Waals surface area contributed by atoms with Crippen LogP contribution in [0, 0.1) is 13.8 Å². The number of nitrogens with zero attached hydrogens (tertiary/aromatic N) is 3. The number of aryl methyl sites for hydroxylation is 2. The van der Waals surface area contributed by atoms with E-state index in [9.17, 15) is 4.79 Å². The van der Waals surface area contributed by atoms with Crippen LogP contribution in [0.2, 0.25) is 0 Å². The molecule has 186 valence electrons. The van der Waals surface area contributed by atoms with Crippen molar-refractivity contribution in [3.63, 3.8) is 0 Å². The Morgan fingerprint density at radius 1 is 0.944 bits per heavy atom. The van der Waals surface area contributed by atoms with Crippen LogP contribution in [0.1, 0.15) is 29.3 Å². The van der Waals surface area contributed by atoms with E-state index in [-0.39, 0.29) is 11.8 Å². The third-order valence-electron chi connectivity index (χ3n) is 6.91.